The molecule has 0 fully saturated rings. The zero-order chi connectivity index (χ0) is 19.4. The van der Waals surface area contributed by atoms with Crippen molar-refractivity contribution in [2.75, 3.05) is 6.61 Å². The fraction of sp³-hybridized carbons (Fsp3) is 0.261. The summed E-state index contributed by atoms with van der Waals surface area (Å²) in [6.45, 7) is 8.79. The van der Waals surface area contributed by atoms with Gasteiger partial charge >= 0.3 is 6.16 Å². The van der Waals surface area contributed by atoms with Crippen LogP contribution in [0.4, 0.5) is 4.79 Å². The Kier molecular flexibility index (Phi) is 5.65. The van der Waals surface area contributed by atoms with Crippen LogP contribution in [0.25, 0.3) is 11.1 Å². The Hall–Kier alpha value is -3.01. The van der Waals surface area contributed by atoms with Gasteiger partial charge in [0.2, 0.25) is 5.88 Å². The Balaban J connectivity index is 2.03. The van der Waals surface area contributed by atoms with Crippen LogP contribution >= 0.6 is 0 Å². The van der Waals surface area contributed by atoms with Crippen LogP contribution in [0.3, 0.4) is 0 Å². The van der Waals surface area contributed by atoms with Gasteiger partial charge in [-0.05, 0) is 44.4 Å². The monoisotopic (exact) mass is 363 g/mol. The zero-order valence-electron chi connectivity index (χ0n) is 16.3. The van der Waals surface area contributed by atoms with Crippen molar-refractivity contribution >= 4 is 6.16 Å². The van der Waals surface area contributed by atoms with E-state index in [0.717, 1.165) is 22.3 Å². The minimum Gasteiger partial charge on any atom is -0.434 e. The molecule has 4 nitrogen and oxygen atoms in total. The number of aromatic nitrogens is 1. The van der Waals surface area contributed by atoms with Crippen LogP contribution < -0.4 is 4.74 Å². The van der Waals surface area contributed by atoms with Gasteiger partial charge in [0.1, 0.15) is 0 Å². The number of hydrogen-bond donors (Lipinski definition) is 0. The summed E-state index contributed by atoms with van der Waals surface area (Å²) in [5, 5.41) is 0. The molecule has 0 saturated carbocycles. The molecule has 0 saturated heterocycles. The zero-order valence-corrected chi connectivity index (χ0v) is 16.3. The minimum absolute atomic E-state index is 0.274. The first-order chi connectivity index (χ1) is 13.0. The maximum Gasteiger partial charge on any atom is 0.515 e. The van der Waals surface area contributed by atoms with Gasteiger partial charge in [0.25, 0.3) is 0 Å². The van der Waals surface area contributed by atoms with Crippen molar-refractivity contribution < 1.29 is 14.3 Å². The van der Waals surface area contributed by atoms with Crippen LogP contribution in [0.5, 0.6) is 5.88 Å². The van der Waals surface area contributed by atoms with Crippen LogP contribution in [0.15, 0.2) is 54.7 Å². The summed E-state index contributed by atoms with van der Waals surface area (Å²) in [6, 6.07) is 16.5. The largest absolute Gasteiger partial charge is 0.515 e. The Morgan fingerprint density at radius 2 is 1.52 bits per heavy atom. The summed E-state index contributed by atoms with van der Waals surface area (Å²) in [7, 11) is 0. The van der Waals surface area contributed by atoms with Crippen molar-refractivity contribution in [1.29, 1.82) is 0 Å². The van der Waals surface area contributed by atoms with Crippen molar-refractivity contribution in [3.05, 3.63) is 77.0 Å². The van der Waals surface area contributed by atoms with Gasteiger partial charge in [-0.3, -0.25) is 0 Å². The average Bonchev–Trinajstić information content (AvgIpc) is 2.93. The first-order valence-corrected chi connectivity index (χ1v) is 9.15. The minimum atomic E-state index is -0.686. The van der Waals surface area contributed by atoms with E-state index >= 15 is 0 Å². The Labute approximate surface area is 160 Å². The second-order valence-electron chi connectivity index (χ2n) is 6.76. The van der Waals surface area contributed by atoms with E-state index in [1.807, 2.05) is 29.8 Å². The molecule has 27 heavy (non-hydrogen) atoms. The lowest BCUT2D eigenvalue weighted by molar-refractivity contribution is 0.101. The third-order valence-electron chi connectivity index (χ3n) is 4.47. The quantitative estimate of drug-likeness (QED) is 0.549. The number of carbonyl (C=O) groups excluding carboxylic acids is 1. The van der Waals surface area contributed by atoms with Crippen LogP contribution in [0.2, 0.25) is 0 Å². The normalized spacial score (nSPS) is 10.7. The molecular formula is C23H25NO3. The van der Waals surface area contributed by atoms with Crippen LogP contribution in [0.1, 0.15) is 29.2 Å². The van der Waals surface area contributed by atoms with Gasteiger partial charge in [-0.1, -0.05) is 59.7 Å². The van der Waals surface area contributed by atoms with Crippen LogP contribution in [-0.4, -0.2) is 17.3 Å². The average molecular weight is 363 g/mol. The van der Waals surface area contributed by atoms with Gasteiger partial charge in [-0.25, -0.2) is 4.79 Å². The highest BCUT2D eigenvalue weighted by atomic mass is 16.7. The number of benzene rings is 2. The Morgan fingerprint density at radius 1 is 0.926 bits per heavy atom. The van der Waals surface area contributed by atoms with E-state index in [-0.39, 0.29) is 6.61 Å². The highest BCUT2D eigenvalue weighted by Gasteiger charge is 2.20. The second kappa shape index (κ2) is 8.12. The molecule has 0 radical (unpaired) electrons. The SMILES string of the molecule is CCOC(=O)Oc1c(-c2ccc(C)cc2)c(C)cn1Cc1ccc(C)cc1. The number of aryl methyl sites for hydroxylation is 3. The number of ether oxygens (including phenoxy) is 2. The molecule has 140 valence electrons. The molecule has 0 aliphatic rings. The molecule has 0 aliphatic heterocycles. The number of hydrogen-bond acceptors (Lipinski definition) is 3. The third kappa shape index (κ3) is 4.40. The summed E-state index contributed by atoms with van der Waals surface area (Å²) in [6.07, 6.45) is 1.33. The second-order valence-corrected chi connectivity index (χ2v) is 6.76. The van der Waals surface area contributed by atoms with Gasteiger partial charge in [-0.15, -0.1) is 0 Å². The molecule has 1 aromatic heterocycles. The summed E-state index contributed by atoms with van der Waals surface area (Å²) in [5.74, 6) is 0.510. The molecule has 0 bridgehead atoms. The van der Waals surface area contributed by atoms with Gasteiger partial charge < -0.3 is 14.0 Å². The van der Waals surface area contributed by atoms with Crippen molar-refractivity contribution in [1.82, 2.24) is 4.57 Å². The molecular weight excluding hydrogens is 338 g/mol. The van der Waals surface area contributed by atoms with E-state index in [1.165, 1.54) is 11.1 Å². The molecule has 1 heterocycles. The van der Waals surface area contributed by atoms with E-state index in [1.54, 1.807) is 6.92 Å². The molecule has 0 N–H and O–H groups in total. The summed E-state index contributed by atoms with van der Waals surface area (Å²) in [4.78, 5) is 12.1. The van der Waals surface area contributed by atoms with Crippen molar-refractivity contribution in [2.45, 2.75) is 34.2 Å². The van der Waals surface area contributed by atoms with Gasteiger partial charge in [0.05, 0.1) is 13.2 Å². The molecule has 0 atom stereocenters. The van der Waals surface area contributed by atoms with Crippen LogP contribution in [0, 0.1) is 20.8 Å². The fourth-order valence-electron chi connectivity index (χ4n) is 3.08. The molecule has 0 spiro atoms. The lowest BCUT2D eigenvalue weighted by Gasteiger charge is -2.12. The smallest absolute Gasteiger partial charge is 0.434 e. The summed E-state index contributed by atoms with van der Waals surface area (Å²) in [5.41, 5.74) is 6.51. The maximum absolute atomic E-state index is 12.1. The van der Waals surface area contributed by atoms with E-state index in [9.17, 15) is 4.79 Å². The van der Waals surface area contributed by atoms with Gasteiger partial charge in [-0.2, -0.15) is 0 Å². The van der Waals surface area contributed by atoms with Crippen molar-refractivity contribution in [3.8, 4) is 17.0 Å². The van der Waals surface area contributed by atoms with Crippen LogP contribution in [-0.2, 0) is 11.3 Å². The lowest BCUT2D eigenvalue weighted by Crippen LogP contribution is -2.13. The summed E-state index contributed by atoms with van der Waals surface area (Å²) < 4.78 is 12.6. The molecule has 0 aliphatic carbocycles. The number of rotatable bonds is 5. The number of carbonyl (C=O) groups is 1. The predicted octanol–water partition coefficient (Wildman–Crippen LogP) is 5.66. The molecule has 4 heteroatoms. The maximum atomic E-state index is 12.1. The first-order valence-electron chi connectivity index (χ1n) is 9.15. The Bertz CT molecular complexity index is 922. The highest BCUT2D eigenvalue weighted by Crippen LogP contribution is 2.36. The fourth-order valence-corrected chi connectivity index (χ4v) is 3.08. The van der Waals surface area contributed by atoms with E-state index in [2.05, 4.69) is 50.2 Å². The van der Waals surface area contributed by atoms with Crippen molar-refractivity contribution in [2.24, 2.45) is 0 Å². The molecule has 2 aromatic carbocycles. The van der Waals surface area contributed by atoms with E-state index in [0.29, 0.717) is 12.4 Å². The topological polar surface area (TPSA) is 40.5 Å². The van der Waals surface area contributed by atoms with Crippen molar-refractivity contribution in [3.63, 3.8) is 0 Å². The predicted molar refractivity (Wildman–Crippen MR) is 107 cm³/mol. The van der Waals surface area contributed by atoms with E-state index < -0.39 is 6.16 Å². The van der Waals surface area contributed by atoms with Gasteiger partial charge in [0.15, 0.2) is 0 Å². The molecule has 3 rings (SSSR count). The number of nitrogens with zero attached hydrogens (tertiary/aromatic N) is 1. The first kappa shape index (κ1) is 18.8. The Morgan fingerprint density at radius 3 is 2.11 bits per heavy atom. The molecule has 0 amide bonds. The third-order valence-corrected chi connectivity index (χ3v) is 4.47. The molecule has 0 unspecified atom stereocenters. The molecule has 3 aromatic rings. The standard InChI is InChI=1S/C23H25NO3/c1-5-26-23(25)27-22-21(20-12-8-17(3)9-13-20)18(4)14-24(22)15-19-10-6-16(2)7-11-19/h6-14H,5,15H2,1-4H3. The van der Waals surface area contributed by atoms with Gasteiger partial charge in [0, 0.05) is 11.8 Å². The lowest BCUT2D eigenvalue weighted by atomic mass is 10.0. The van der Waals surface area contributed by atoms with E-state index in [4.69, 9.17) is 9.47 Å². The highest BCUT2D eigenvalue weighted by molar-refractivity contribution is 5.76. The summed E-state index contributed by atoms with van der Waals surface area (Å²) >= 11 is 0.